The summed E-state index contributed by atoms with van der Waals surface area (Å²) in [5, 5.41) is 0. The van der Waals surface area contributed by atoms with E-state index in [4.69, 9.17) is 0 Å². The SMILES string of the molecule is CC(=O)N(c1ccccc1)c1ccccc1F. The van der Waals surface area contributed by atoms with Crippen LogP contribution in [0.5, 0.6) is 0 Å². The lowest BCUT2D eigenvalue weighted by molar-refractivity contribution is -0.115. The second-order valence-corrected chi connectivity index (χ2v) is 3.64. The van der Waals surface area contributed by atoms with E-state index in [1.807, 2.05) is 18.2 Å². The third-order valence-corrected chi connectivity index (χ3v) is 2.42. The molecule has 17 heavy (non-hydrogen) atoms. The molecule has 1 amide bonds. The van der Waals surface area contributed by atoms with Crippen LogP contribution in [0.25, 0.3) is 0 Å². The highest BCUT2D eigenvalue weighted by Gasteiger charge is 2.16. The van der Waals surface area contributed by atoms with Crippen molar-refractivity contribution in [1.82, 2.24) is 0 Å². The van der Waals surface area contributed by atoms with Crippen molar-refractivity contribution in [2.45, 2.75) is 6.92 Å². The Hall–Kier alpha value is -2.16. The van der Waals surface area contributed by atoms with Gasteiger partial charge in [-0.15, -0.1) is 0 Å². The minimum Gasteiger partial charge on any atom is -0.278 e. The summed E-state index contributed by atoms with van der Waals surface area (Å²) in [5.41, 5.74) is 0.927. The van der Waals surface area contributed by atoms with Crippen molar-refractivity contribution in [3.8, 4) is 0 Å². The van der Waals surface area contributed by atoms with Gasteiger partial charge in [-0.1, -0.05) is 30.3 Å². The Morgan fingerprint density at radius 3 is 2.18 bits per heavy atom. The van der Waals surface area contributed by atoms with E-state index >= 15 is 0 Å². The van der Waals surface area contributed by atoms with E-state index in [0.717, 1.165) is 0 Å². The van der Waals surface area contributed by atoms with Gasteiger partial charge < -0.3 is 0 Å². The summed E-state index contributed by atoms with van der Waals surface area (Å²) >= 11 is 0. The molecule has 0 spiro atoms. The van der Waals surface area contributed by atoms with Gasteiger partial charge in [0.15, 0.2) is 0 Å². The Bertz CT molecular complexity index is 525. The summed E-state index contributed by atoms with van der Waals surface area (Å²) in [4.78, 5) is 13.0. The Morgan fingerprint density at radius 1 is 1.00 bits per heavy atom. The van der Waals surface area contributed by atoms with Crippen LogP contribution in [-0.2, 0) is 4.79 Å². The molecule has 0 aromatic heterocycles. The molecule has 0 unspecified atom stereocenters. The highest BCUT2D eigenvalue weighted by molar-refractivity contribution is 5.99. The number of halogens is 1. The van der Waals surface area contributed by atoms with Gasteiger partial charge in [0.2, 0.25) is 5.91 Å². The summed E-state index contributed by atoms with van der Waals surface area (Å²) < 4.78 is 13.7. The van der Waals surface area contributed by atoms with Crippen molar-refractivity contribution in [2.24, 2.45) is 0 Å². The molecule has 0 heterocycles. The molecule has 0 radical (unpaired) electrons. The number of carbonyl (C=O) groups is 1. The maximum Gasteiger partial charge on any atom is 0.228 e. The molecule has 2 rings (SSSR count). The number of anilines is 2. The van der Waals surface area contributed by atoms with E-state index < -0.39 is 5.82 Å². The molecule has 0 fully saturated rings. The fraction of sp³-hybridized carbons (Fsp3) is 0.0714. The molecule has 0 bridgehead atoms. The average Bonchev–Trinajstić information content (AvgIpc) is 2.33. The first kappa shape index (κ1) is 11.3. The predicted octanol–water partition coefficient (Wildman–Crippen LogP) is 3.51. The third-order valence-electron chi connectivity index (χ3n) is 2.42. The van der Waals surface area contributed by atoms with E-state index in [0.29, 0.717) is 5.69 Å². The van der Waals surface area contributed by atoms with Crippen molar-refractivity contribution in [2.75, 3.05) is 4.90 Å². The third kappa shape index (κ3) is 2.33. The molecule has 2 nitrogen and oxygen atoms in total. The normalized spacial score (nSPS) is 10.0. The van der Waals surface area contributed by atoms with E-state index in [2.05, 4.69) is 0 Å². The Labute approximate surface area is 99.3 Å². The minimum absolute atomic E-state index is 0.221. The Morgan fingerprint density at radius 2 is 1.59 bits per heavy atom. The summed E-state index contributed by atoms with van der Waals surface area (Å²) in [6.45, 7) is 1.42. The van der Waals surface area contributed by atoms with Gasteiger partial charge in [0.1, 0.15) is 5.82 Å². The molecule has 86 valence electrons. The van der Waals surface area contributed by atoms with Gasteiger partial charge in [0.05, 0.1) is 5.69 Å². The molecule has 0 saturated heterocycles. The smallest absolute Gasteiger partial charge is 0.228 e. The van der Waals surface area contributed by atoms with Crippen LogP contribution < -0.4 is 4.90 Å². The van der Waals surface area contributed by atoms with Gasteiger partial charge in [-0.25, -0.2) is 4.39 Å². The van der Waals surface area contributed by atoms with Crippen LogP contribution in [0.3, 0.4) is 0 Å². The zero-order valence-corrected chi connectivity index (χ0v) is 9.43. The number of hydrogen-bond acceptors (Lipinski definition) is 1. The number of nitrogens with zero attached hydrogens (tertiary/aromatic N) is 1. The lowest BCUT2D eigenvalue weighted by Gasteiger charge is -2.21. The highest BCUT2D eigenvalue weighted by Crippen LogP contribution is 2.27. The van der Waals surface area contributed by atoms with E-state index in [-0.39, 0.29) is 11.6 Å². The first-order chi connectivity index (χ1) is 8.20. The molecule has 0 aliphatic carbocycles. The molecule has 0 N–H and O–H groups in total. The monoisotopic (exact) mass is 229 g/mol. The fourth-order valence-electron chi connectivity index (χ4n) is 1.70. The molecular weight excluding hydrogens is 217 g/mol. The molecule has 0 atom stereocenters. The molecular formula is C14H12FNO. The van der Waals surface area contributed by atoms with Crippen LogP contribution in [0.15, 0.2) is 54.6 Å². The number of para-hydroxylation sites is 2. The van der Waals surface area contributed by atoms with Crippen LogP contribution in [0, 0.1) is 5.82 Å². The van der Waals surface area contributed by atoms with Crippen molar-refractivity contribution in [3.05, 3.63) is 60.4 Å². The fourth-order valence-corrected chi connectivity index (χ4v) is 1.70. The maximum absolute atomic E-state index is 13.7. The van der Waals surface area contributed by atoms with Crippen LogP contribution in [-0.4, -0.2) is 5.91 Å². The molecule has 2 aromatic rings. The molecule has 0 saturated carbocycles. The zero-order chi connectivity index (χ0) is 12.3. The van der Waals surface area contributed by atoms with Crippen LogP contribution in [0.2, 0.25) is 0 Å². The van der Waals surface area contributed by atoms with Crippen LogP contribution >= 0.6 is 0 Å². The molecule has 0 aliphatic heterocycles. The highest BCUT2D eigenvalue weighted by atomic mass is 19.1. The number of carbonyl (C=O) groups excluding carboxylic acids is 1. The van der Waals surface area contributed by atoms with Crippen LogP contribution in [0.4, 0.5) is 15.8 Å². The van der Waals surface area contributed by atoms with Crippen molar-refractivity contribution in [1.29, 1.82) is 0 Å². The first-order valence-corrected chi connectivity index (χ1v) is 5.30. The summed E-state index contributed by atoms with van der Waals surface area (Å²) in [5.74, 6) is -0.632. The standard InChI is InChI=1S/C14H12FNO/c1-11(17)16(12-7-3-2-4-8-12)14-10-6-5-9-13(14)15/h2-10H,1H3. The van der Waals surface area contributed by atoms with Gasteiger partial charge in [-0.05, 0) is 24.3 Å². The summed E-state index contributed by atoms with van der Waals surface area (Å²) in [6.07, 6.45) is 0. The molecule has 3 heteroatoms. The second-order valence-electron chi connectivity index (χ2n) is 3.64. The largest absolute Gasteiger partial charge is 0.278 e. The van der Waals surface area contributed by atoms with Gasteiger partial charge >= 0.3 is 0 Å². The number of hydrogen-bond donors (Lipinski definition) is 0. The predicted molar refractivity (Wildman–Crippen MR) is 65.7 cm³/mol. The quantitative estimate of drug-likeness (QED) is 0.771. The Balaban J connectivity index is 2.51. The van der Waals surface area contributed by atoms with Crippen LogP contribution in [0.1, 0.15) is 6.92 Å². The van der Waals surface area contributed by atoms with E-state index in [9.17, 15) is 9.18 Å². The Kier molecular flexibility index (Phi) is 3.19. The second kappa shape index (κ2) is 4.78. The van der Waals surface area contributed by atoms with Crippen molar-refractivity contribution in [3.63, 3.8) is 0 Å². The number of amides is 1. The van der Waals surface area contributed by atoms with Gasteiger partial charge in [0.25, 0.3) is 0 Å². The zero-order valence-electron chi connectivity index (χ0n) is 9.43. The lowest BCUT2D eigenvalue weighted by Crippen LogP contribution is -2.23. The number of rotatable bonds is 2. The van der Waals surface area contributed by atoms with E-state index in [1.54, 1.807) is 30.3 Å². The molecule has 2 aromatic carbocycles. The van der Waals surface area contributed by atoms with Gasteiger partial charge in [-0.3, -0.25) is 9.69 Å². The van der Waals surface area contributed by atoms with Gasteiger partial charge in [0, 0.05) is 12.6 Å². The van der Waals surface area contributed by atoms with E-state index in [1.165, 1.54) is 17.9 Å². The summed E-state index contributed by atoms with van der Waals surface area (Å²) in [7, 11) is 0. The van der Waals surface area contributed by atoms with Gasteiger partial charge in [-0.2, -0.15) is 0 Å². The summed E-state index contributed by atoms with van der Waals surface area (Å²) in [6, 6.07) is 15.3. The number of benzene rings is 2. The lowest BCUT2D eigenvalue weighted by atomic mass is 10.2. The maximum atomic E-state index is 13.7. The minimum atomic E-state index is -0.411. The van der Waals surface area contributed by atoms with Crippen molar-refractivity contribution < 1.29 is 9.18 Å². The average molecular weight is 229 g/mol. The molecule has 0 aliphatic rings. The first-order valence-electron chi connectivity index (χ1n) is 5.30. The van der Waals surface area contributed by atoms with Crippen molar-refractivity contribution >= 4 is 17.3 Å². The topological polar surface area (TPSA) is 20.3 Å².